The van der Waals surface area contributed by atoms with Crippen LogP contribution in [0.5, 0.6) is 0 Å². The summed E-state index contributed by atoms with van der Waals surface area (Å²) in [5.41, 5.74) is 1.90. The lowest BCUT2D eigenvalue weighted by molar-refractivity contribution is 0.0529. The lowest BCUT2D eigenvalue weighted by Gasteiger charge is -2.19. The Hall–Kier alpha value is -1.29. The fraction of sp³-hybridized carbons (Fsp3) is 0.438. The van der Waals surface area contributed by atoms with Gasteiger partial charge in [-0.1, -0.05) is 40.2 Å². The van der Waals surface area contributed by atoms with E-state index in [0.29, 0.717) is 6.54 Å². The zero-order valence-electron chi connectivity index (χ0n) is 12.5. The molecule has 1 amide bonds. The van der Waals surface area contributed by atoms with Crippen LogP contribution in [0.2, 0.25) is 0 Å². The molecule has 0 aliphatic rings. The van der Waals surface area contributed by atoms with Crippen LogP contribution in [0.1, 0.15) is 38.3 Å². The van der Waals surface area contributed by atoms with Crippen molar-refractivity contribution in [2.75, 3.05) is 6.54 Å². The van der Waals surface area contributed by atoms with E-state index in [1.54, 1.807) is 0 Å². The van der Waals surface area contributed by atoms with Crippen molar-refractivity contribution >= 4 is 28.1 Å². The van der Waals surface area contributed by atoms with Crippen LogP contribution in [-0.2, 0) is 4.74 Å². The number of nitrogens with one attached hydrogen (secondary N) is 1. The van der Waals surface area contributed by atoms with Gasteiger partial charge in [0.1, 0.15) is 5.60 Å². The van der Waals surface area contributed by atoms with Gasteiger partial charge in [0.05, 0.1) is 0 Å². The zero-order valence-corrected chi connectivity index (χ0v) is 14.1. The van der Waals surface area contributed by atoms with Gasteiger partial charge in [0.25, 0.3) is 0 Å². The Balaban J connectivity index is 2.34. The van der Waals surface area contributed by atoms with Crippen LogP contribution >= 0.6 is 15.9 Å². The first-order chi connectivity index (χ1) is 9.28. The molecule has 0 radical (unpaired) electrons. The second kappa shape index (κ2) is 7.48. The highest BCUT2D eigenvalue weighted by Gasteiger charge is 2.15. The predicted octanol–water partition coefficient (Wildman–Crippen LogP) is 4.69. The topological polar surface area (TPSA) is 38.3 Å². The first-order valence-corrected chi connectivity index (χ1v) is 7.47. The molecule has 0 saturated heterocycles. The van der Waals surface area contributed by atoms with Gasteiger partial charge < -0.3 is 10.1 Å². The summed E-state index contributed by atoms with van der Waals surface area (Å²) in [5.74, 6) is 0. The van der Waals surface area contributed by atoms with Crippen molar-refractivity contribution in [3.63, 3.8) is 0 Å². The normalized spacial score (nSPS) is 11.7. The maximum Gasteiger partial charge on any atom is 0.407 e. The van der Waals surface area contributed by atoms with Crippen molar-refractivity contribution in [3.05, 3.63) is 39.9 Å². The summed E-state index contributed by atoms with van der Waals surface area (Å²) in [6.45, 7) is 8.17. The van der Waals surface area contributed by atoms with Crippen LogP contribution in [0.3, 0.4) is 0 Å². The number of halogens is 1. The third kappa shape index (κ3) is 6.75. The molecule has 0 spiro atoms. The molecular formula is C16H22BrNO2. The molecular weight excluding hydrogens is 318 g/mol. The van der Waals surface area contributed by atoms with Crippen LogP contribution in [-0.4, -0.2) is 18.2 Å². The lowest BCUT2D eigenvalue weighted by atomic mass is 10.1. The molecule has 0 unspecified atom stereocenters. The Morgan fingerprint density at radius 1 is 1.40 bits per heavy atom. The highest BCUT2D eigenvalue weighted by atomic mass is 79.9. The fourth-order valence-corrected chi connectivity index (χ4v) is 2.17. The SMILES string of the molecule is Cc1ccc(C=CCCNC(=O)OC(C)(C)C)c(Br)c1. The molecule has 3 nitrogen and oxygen atoms in total. The number of ether oxygens (including phenoxy) is 1. The number of benzene rings is 1. The lowest BCUT2D eigenvalue weighted by Crippen LogP contribution is -2.32. The first-order valence-electron chi connectivity index (χ1n) is 6.67. The quantitative estimate of drug-likeness (QED) is 0.808. The number of hydrogen-bond acceptors (Lipinski definition) is 2. The maximum atomic E-state index is 11.4. The second-order valence-corrected chi connectivity index (χ2v) is 6.50. The highest BCUT2D eigenvalue weighted by Crippen LogP contribution is 2.19. The maximum absolute atomic E-state index is 11.4. The Morgan fingerprint density at radius 3 is 2.70 bits per heavy atom. The van der Waals surface area contributed by atoms with Crippen molar-refractivity contribution in [1.82, 2.24) is 5.32 Å². The summed E-state index contributed by atoms with van der Waals surface area (Å²) in [5, 5.41) is 2.73. The first kappa shape index (κ1) is 16.8. The molecule has 1 aromatic carbocycles. The third-order valence-electron chi connectivity index (χ3n) is 2.43. The summed E-state index contributed by atoms with van der Waals surface area (Å²) in [6, 6.07) is 6.22. The van der Waals surface area contributed by atoms with Gasteiger partial charge >= 0.3 is 6.09 Å². The zero-order chi connectivity index (χ0) is 15.2. The van der Waals surface area contributed by atoms with Gasteiger partial charge in [0, 0.05) is 11.0 Å². The molecule has 0 heterocycles. The van der Waals surface area contributed by atoms with E-state index in [-0.39, 0.29) is 6.09 Å². The summed E-state index contributed by atoms with van der Waals surface area (Å²) in [4.78, 5) is 11.4. The molecule has 20 heavy (non-hydrogen) atoms. The molecule has 0 aliphatic heterocycles. The van der Waals surface area contributed by atoms with E-state index in [4.69, 9.17) is 4.74 Å². The fourth-order valence-electron chi connectivity index (χ4n) is 1.55. The molecule has 0 bridgehead atoms. The van der Waals surface area contributed by atoms with Gasteiger partial charge in [-0.05, 0) is 51.3 Å². The minimum absolute atomic E-state index is 0.373. The average molecular weight is 340 g/mol. The minimum atomic E-state index is -0.452. The standard InChI is InChI=1S/C16H22BrNO2/c1-12-8-9-13(14(17)11-12)7-5-6-10-18-15(19)20-16(2,3)4/h5,7-9,11H,6,10H2,1-4H3,(H,18,19). The molecule has 0 aliphatic carbocycles. The highest BCUT2D eigenvalue weighted by molar-refractivity contribution is 9.10. The van der Waals surface area contributed by atoms with Crippen molar-refractivity contribution in [1.29, 1.82) is 0 Å². The van der Waals surface area contributed by atoms with Crippen LogP contribution in [0, 0.1) is 6.92 Å². The number of rotatable bonds is 4. The van der Waals surface area contributed by atoms with Gasteiger partial charge in [-0.25, -0.2) is 4.79 Å². The van der Waals surface area contributed by atoms with E-state index in [9.17, 15) is 4.79 Å². The second-order valence-electron chi connectivity index (χ2n) is 5.64. The van der Waals surface area contributed by atoms with E-state index >= 15 is 0 Å². The minimum Gasteiger partial charge on any atom is -0.444 e. The van der Waals surface area contributed by atoms with Crippen LogP contribution in [0.25, 0.3) is 6.08 Å². The Bertz CT molecular complexity index is 490. The van der Waals surface area contributed by atoms with Crippen molar-refractivity contribution in [2.24, 2.45) is 0 Å². The van der Waals surface area contributed by atoms with E-state index in [1.807, 2.05) is 32.9 Å². The van der Waals surface area contributed by atoms with Crippen LogP contribution in [0.4, 0.5) is 4.79 Å². The number of alkyl carbamates (subject to hydrolysis) is 1. The smallest absolute Gasteiger partial charge is 0.407 e. The number of carbonyl (C=O) groups excluding carboxylic acids is 1. The molecule has 4 heteroatoms. The monoisotopic (exact) mass is 339 g/mol. The summed E-state index contributed by atoms with van der Waals surface area (Å²) in [7, 11) is 0. The molecule has 0 atom stereocenters. The van der Waals surface area contributed by atoms with Gasteiger partial charge in [0.2, 0.25) is 0 Å². The van der Waals surface area contributed by atoms with Gasteiger partial charge in [0.15, 0.2) is 0 Å². The van der Waals surface area contributed by atoms with Gasteiger partial charge in [-0.2, -0.15) is 0 Å². The molecule has 110 valence electrons. The van der Waals surface area contributed by atoms with Gasteiger partial charge in [-0.3, -0.25) is 0 Å². The number of carbonyl (C=O) groups is 1. The summed E-state index contributed by atoms with van der Waals surface area (Å²) < 4.78 is 6.23. The number of hydrogen-bond donors (Lipinski definition) is 1. The van der Waals surface area contributed by atoms with Crippen molar-refractivity contribution in [3.8, 4) is 0 Å². The van der Waals surface area contributed by atoms with E-state index < -0.39 is 5.60 Å². The Kier molecular flexibility index (Phi) is 6.27. The van der Waals surface area contributed by atoms with Crippen molar-refractivity contribution in [2.45, 2.75) is 39.7 Å². The Morgan fingerprint density at radius 2 is 2.10 bits per heavy atom. The molecule has 0 saturated carbocycles. The van der Waals surface area contributed by atoms with E-state index in [1.165, 1.54) is 5.56 Å². The molecule has 1 rings (SSSR count). The van der Waals surface area contributed by atoms with E-state index in [0.717, 1.165) is 16.5 Å². The van der Waals surface area contributed by atoms with Gasteiger partial charge in [-0.15, -0.1) is 0 Å². The number of aryl methyl sites for hydroxylation is 1. The van der Waals surface area contributed by atoms with Crippen molar-refractivity contribution < 1.29 is 9.53 Å². The molecule has 0 aromatic heterocycles. The molecule has 1 N–H and O–H groups in total. The van der Waals surface area contributed by atoms with Crippen LogP contribution < -0.4 is 5.32 Å². The molecule has 0 fully saturated rings. The van der Waals surface area contributed by atoms with E-state index in [2.05, 4.69) is 46.4 Å². The summed E-state index contributed by atoms with van der Waals surface area (Å²) >= 11 is 3.53. The van der Waals surface area contributed by atoms with Crippen LogP contribution in [0.15, 0.2) is 28.7 Å². The molecule has 1 aromatic rings. The largest absolute Gasteiger partial charge is 0.444 e. The summed E-state index contributed by atoms with van der Waals surface area (Å²) in [6.07, 6.45) is 4.47. The Labute approximate surface area is 129 Å². The average Bonchev–Trinajstić information content (AvgIpc) is 2.28. The predicted molar refractivity (Wildman–Crippen MR) is 86.8 cm³/mol. The third-order valence-corrected chi connectivity index (χ3v) is 3.12. The number of amides is 1.